The van der Waals surface area contributed by atoms with Crippen molar-refractivity contribution >= 4 is 11.9 Å². The topological polar surface area (TPSA) is 106 Å². The molecule has 0 bridgehead atoms. The van der Waals surface area contributed by atoms with Gasteiger partial charge in [-0.1, -0.05) is 13.8 Å². The Bertz CT molecular complexity index is 451. The lowest BCUT2D eigenvalue weighted by molar-refractivity contribution is -0.121. The zero-order valence-corrected chi connectivity index (χ0v) is 10.7. The molecule has 0 aliphatic rings. The number of nitrogens with two attached hydrogens (primary N) is 1. The molecule has 1 atom stereocenters. The van der Waals surface area contributed by atoms with Crippen molar-refractivity contribution in [2.75, 3.05) is 0 Å². The van der Waals surface area contributed by atoms with Gasteiger partial charge in [0.25, 0.3) is 0 Å². The van der Waals surface area contributed by atoms with Crippen molar-refractivity contribution in [3.8, 4) is 0 Å². The minimum Gasteiger partial charge on any atom is -0.475 e. The van der Waals surface area contributed by atoms with E-state index in [1.54, 1.807) is 6.92 Å². The number of amides is 1. The Morgan fingerprint density at radius 3 is 2.50 bits per heavy atom. The lowest BCUT2D eigenvalue weighted by Crippen LogP contribution is -2.44. The van der Waals surface area contributed by atoms with E-state index in [1.807, 2.05) is 13.8 Å². The maximum Gasteiger partial charge on any atom is 0.371 e. The van der Waals surface area contributed by atoms with Crippen molar-refractivity contribution in [2.45, 2.75) is 33.4 Å². The van der Waals surface area contributed by atoms with E-state index in [0.29, 0.717) is 17.9 Å². The number of hydrogen-bond acceptors (Lipinski definition) is 4. The van der Waals surface area contributed by atoms with Crippen molar-refractivity contribution < 1.29 is 19.1 Å². The molecule has 1 rings (SSSR count). The van der Waals surface area contributed by atoms with Crippen molar-refractivity contribution in [1.29, 1.82) is 0 Å². The molecule has 0 aliphatic carbocycles. The number of furan rings is 1. The van der Waals surface area contributed by atoms with Gasteiger partial charge in [-0.05, 0) is 18.9 Å². The summed E-state index contributed by atoms with van der Waals surface area (Å²) < 4.78 is 5.07. The molecular weight excluding hydrogens is 236 g/mol. The van der Waals surface area contributed by atoms with E-state index in [9.17, 15) is 9.59 Å². The molecule has 100 valence electrons. The molecule has 4 N–H and O–H groups in total. The molecule has 6 nitrogen and oxygen atoms in total. The number of primary amides is 1. The average Bonchev–Trinajstić information content (AvgIpc) is 2.59. The summed E-state index contributed by atoms with van der Waals surface area (Å²) in [6.07, 6.45) is 0. The van der Waals surface area contributed by atoms with Gasteiger partial charge < -0.3 is 20.6 Å². The first-order valence-electron chi connectivity index (χ1n) is 5.68. The maximum absolute atomic E-state index is 11.2. The molecule has 1 aromatic rings. The van der Waals surface area contributed by atoms with Crippen LogP contribution in [0.2, 0.25) is 0 Å². The smallest absolute Gasteiger partial charge is 0.371 e. The lowest BCUT2D eigenvalue weighted by Gasteiger charge is -2.18. The Morgan fingerprint density at radius 1 is 1.50 bits per heavy atom. The fourth-order valence-corrected chi connectivity index (χ4v) is 1.69. The molecule has 18 heavy (non-hydrogen) atoms. The Kier molecular flexibility index (Phi) is 4.49. The summed E-state index contributed by atoms with van der Waals surface area (Å²) in [6, 6.07) is 0.996. The summed E-state index contributed by atoms with van der Waals surface area (Å²) >= 11 is 0. The van der Waals surface area contributed by atoms with Crippen LogP contribution < -0.4 is 11.1 Å². The number of carbonyl (C=O) groups is 2. The molecule has 1 amide bonds. The highest BCUT2D eigenvalue weighted by Crippen LogP contribution is 2.15. The highest BCUT2D eigenvalue weighted by molar-refractivity contribution is 5.84. The number of hydrogen-bond donors (Lipinski definition) is 3. The number of nitrogens with one attached hydrogen (secondary N) is 1. The Balaban J connectivity index is 2.73. The molecule has 1 unspecified atom stereocenters. The van der Waals surface area contributed by atoms with Crippen LogP contribution >= 0.6 is 0 Å². The molecule has 0 fully saturated rings. The van der Waals surface area contributed by atoms with Crippen molar-refractivity contribution in [3.63, 3.8) is 0 Å². The van der Waals surface area contributed by atoms with Gasteiger partial charge in [0.1, 0.15) is 5.76 Å². The Hall–Kier alpha value is -1.82. The van der Waals surface area contributed by atoms with E-state index < -0.39 is 17.9 Å². The van der Waals surface area contributed by atoms with Crippen LogP contribution in [0, 0.1) is 12.8 Å². The van der Waals surface area contributed by atoms with Crippen LogP contribution in [-0.2, 0) is 11.3 Å². The van der Waals surface area contributed by atoms with E-state index in [2.05, 4.69) is 5.32 Å². The first-order valence-corrected chi connectivity index (χ1v) is 5.68. The quantitative estimate of drug-likeness (QED) is 0.699. The monoisotopic (exact) mass is 254 g/mol. The van der Waals surface area contributed by atoms with E-state index in [4.69, 9.17) is 15.3 Å². The Morgan fingerprint density at radius 2 is 2.11 bits per heavy atom. The van der Waals surface area contributed by atoms with Crippen LogP contribution in [0.3, 0.4) is 0 Å². The average molecular weight is 254 g/mol. The number of carboxylic acids is 1. The van der Waals surface area contributed by atoms with Gasteiger partial charge in [0.15, 0.2) is 0 Å². The molecule has 6 heteroatoms. The number of rotatable bonds is 6. The summed E-state index contributed by atoms with van der Waals surface area (Å²) in [7, 11) is 0. The van der Waals surface area contributed by atoms with Gasteiger partial charge in [-0.15, -0.1) is 0 Å². The summed E-state index contributed by atoms with van der Waals surface area (Å²) in [4.78, 5) is 21.9. The first-order chi connectivity index (χ1) is 8.32. The molecule has 0 saturated carbocycles. The van der Waals surface area contributed by atoms with Gasteiger partial charge in [-0.25, -0.2) is 4.79 Å². The van der Waals surface area contributed by atoms with Crippen LogP contribution in [0.5, 0.6) is 0 Å². The zero-order chi connectivity index (χ0) is 13.9. The Labute approximate surface area is 105 Å². The molecule has 0 saturated heterocycles. The molecule has 0 aliphatic heterocycles. The normalized spacial score (nSPS) is 12.7. The highest BCUT2D eigenvalue weighted by atomic mass is 16.4. The third-order valence-electron chi connectivity index (χ3n) is 2.72. The van der Waals surface area contributed by atoms with Crippen LogP contribution in [0.4, 0.5) is 0 Å². The predicted octanol–water partition coefficient (Wildman–Crippen LogP) is 0.886. The molecule has 1 heterocycles. The minimum absolute atomic E-state index is 0.0636. The van der Waals surface area contributed by atoms with Crippen LogP contribution in [0.1, 0.15) is 35.7 Å². The van der Waals surface area contributed by atoms with Crippen molar-refractivity contribution in [1.82, 2.24) is 5.32 Å². The van der Waals surface area contributed by atoms with Crippen molar-refractivity contribution in [3.05, 3.63) is 23.2 Å². The van der Waals surface area contributed by atoms with E-state index in [0.717, 1.165) is 0 Å². The van der Waals surface area contributed by atoms with E-state index in [-0.39, 0.29) is 11.7 Å². The van der Waals surface area contributed by atoms with Gasteiger partial charge in [-0.2, -0.15) is 0 Å². The van der Waals surface area contributed by atoms with E-state index >= 15 is 0 Å². The zero-order valence-electron chi connectivity index (χ0n) is 10.7. The molecule has 1 aromatic heterocycles. The third kappa shape index (κ3) is 3.33. The number of carbonyl (C=O) groups excluding carboxylic acids is 1. The second-order valence-corrected chi connectivity index (χ2v) is 4.50. The van der Waals surface area contributed by atoms with Crippen LogP contribution in [-0.4, -0.2) is 23.0 Å². The first kappa shape index (κ1) is 14.2. The molecular formula is C12H18N2O4. The standard InChI is InChI=1S/C12H18N2O4/c1-6(2)10(11(13)15)14-5-8-4-9(12(16)17)18-7(8)3/h4,6,10,14H,5H2,1-3H3,(H2,13,15)(H,16,17). The minimum atomic E-state index is -1.11. The molecule has 0 aromatic carbocycles. The third-order valence-corrected chi connectivity index (χ3v) is 2.72. The largest absolute Gasteiger partial charge is 0.475 e. The summed E-state index contributed by atoms with van der Waals surface area (Å²) in [5.41, 5.74) is 5.98. The molecule has 0 spiro atoms. The van der Waals surface area contributed by atoms with Gasteiger partial charge >= 0.3 is 5.97 Å². The fourth-order valence-electron chi connectivity index (χ4n) is 1.69. The van der Waals surface area contributed by atoms with Crippen LogP contribution in [0.25, 0.3) is 0 Å². The van der Waals surface area contributed by atoms with Gasteiger partial charge in [0.2, 0.25) is 11.7 Å². The van der Waals surface area contributed by atoms with Gasteiger partial charge in [0.05, 0.1) is 6.04 Å². The number of aryl methyl sites for hydroxylation is 1. The van der Waals surface area contributed by atoms with Crippen LogP contribution in [0.15, 0.2) is 10.5 Å². The number of carboxylic acid groups (broad SMARTS) is 1. The SMILES string of the molecule is Cc1oc(C(=O)O)cc1CNC(C(N)=O)C(C)C. The second kappa shape index (κ2) is 5.68. The summed E-state index contributed by atoms with van der Waals surface area (Å²) in [5.74, 6) is -1.06. The fraction of sp³-hybridized carbons (Fsp3) is 0.500. The van der Waals surface area contributed by atoms with Gasteiger partial charge in [-0.3, -0.25) is 4.79 Å². The number of aromatic carboxylic acids is 1. The summed E-state index contributed by atoms with van der Waals surface area (Å²) in [6.45, 7) is 5.78. The second-order valence-electron chi connectivity index (χ2n) is 4.50. The molecule has 0 radical (unpaired) electrons. The maximum atomic E-state index is 11.2. The highest BCUT2D eigenvalue weighted by Gasteiger charge is 2.20. The summed E-state index contributed by atoms with van der Waals surface area (Å²) in [5, 5.41) is 11.8. The lowest BCUT2D eigenvalue weighted by atomic mass is 10.0. The van der Waals surface area contributed by atoms with Gasteiger partial charge in [0, 0.05) is 12.1 Å². The van der Waals surface area contributed by atoms with Crippen molar-refractivity contribution in [2.24, 2.45) is 11.7 Å². The van der Waals surface area contributed by atoms with E-state index in [1.165, 1.54) is 6.07 Å². The predicted molar refractivity (Wildman–Crippen MR) is 65.1 cm³/mol.